The van der Waals surface area contributed by atoms with Gasteiger partial charge in [-0.25, -0.2) is 9.18 Å². The van der Waals surface area contributed by atoms with Gasteiger partial charge in [0.05, 0.1) is 5.71 Å². The average molecular weight is 149 g/mol. The molecule has 0 saturated carbocycles. The van der Waals surface area contributed by atoms with Gasteiger partial charge in [-0.15, -0.1) is 0 Å². The molecule has 0 bridgehead atoms. The molecule has 0 unspecified atom stereocenters. The number of hydrogen-bond donors (Lipinski definition) is 1. The number of hydrogen-bond acceptors (Lipinski definition) is 3. The third-order valence-corrected chi connectivity index (χ3v) is 0.602. The van der Waals surface area contributed by atoms with Crippen LogP contribution >= 0.6 is 0 Å². The highest BCUT2D eigenvalue weighted by Gasteiger charge is 1.94. The normalized spacial score (nSPS) is 11.2. The lowest BCUT2D eigenvalue weighted by Gasteiger charge is -1.93. The molecule has 0 aromatic carbocycles. The van der Waals surface area contributed by atoms with Gasteiger partial charge in [-0.1, -0.05) is 5.16 Å². The van der Waals surface area contributed by atoms with Gasteiger partial charge >= 0.3 is 5.97 Å². The average Bonchev–Trinajstić information content (AvgIpc) is 1.87. The van der Waals surface area contributed by atoms with Crippen molar-refractivity contribution >= 4 is 11.7 Å². The first-order chi connectivity index (χ1) is 4.66. The highest BCUT2D eigenvalue weighted by molar-refractivity contribution is 5.82. The molecule has 0 spiro atoms. The summed E-state index contributed by atoms with van der Waals surface area (Å²) in [5.74, 6) is -1.13. The Morgan fingerprint density at radius 3 is 2.80 bits per heavy atom. The van der Waals surface area contributed by atoms with Gasteiger partial charge < -0.3 is 9.94 Å². The fraction of sp³-hybridized carbons (Fsp3) is 0.600. The van der Waals surface area contributed by atoms with Gasteiger partial charge in [0.2, 0.25) is 6.61 Å². The van der Waals surface area contributed by atoms with Crippen LogP contribution in [0.5, 0.6) is 0 Å². The molecule has 0 aliphatic rings. The molecule has 0 atom stereocenters. The van der Waals surface area contributed by atoms with Crippen molar-refractivity contribution in [2.75, 3.05) is 13.3 Å². The number of carboxylic acid groups (broad SMARTS) is 1. The van der Waals surface area contributed by atoms with E-state index in [1.807, 2.05) is 0 Å². The molecule has 58 valence electrons. The van der Waals surface area contributed by atoms with E-state index < -0.39 is 19.3 Å². The molecule has 0 radical (unpaired) electrons. The number of halogens is 1. The van der Waals surface area contributed by atoms with Crippen LogP contribution in [0.3, 0.4) is 0 Å². The second-order valence-electron chi connectivity index (χ2n) is 1.63. The number of oxime groups is 1. The molecule has 0 aromatic heterocycles. The van der Waals surface area contributed by atoms with Gasteiger partial charge in [0.25, 0.3) is 0 Å². The first-order valence-electron chi connectivity index (χ1n) is 2.60. The number of nitrogens with zero attached hydrogens (tertiary/aromatic N) is 1. The number of rotatable bonds is 4. The van der Waals surface area contributed by atoms with Gasteiger partial charge in [0.15, 0.2) is 0 Å². The molecule has 0 fully saturated rings. The Bertz CT molecular complexity index is 146. The molecule has 0 heterocycles. The largest absolute Gasteiger partial charge is 0.479 e. The molecule has 0 saturated heterocycles. The SMILES string of the molecule is C/C(CF)=N\OCC(=O)O. The van der Waals surface area contributed by atoms with Crippen LogP contribution in [0.25, 0.3) is 0 Å². The predicted molar refractivity (Wildman–Crippen MR) is 32.7 cm³/mol. The van der Waals surface area contributed by atoms with E-state index in [1.54, 1.807) is 0 Å². The van der Waals surface area contributed by atoms with Crippen molar-refractivity contribution in [3.63, 3.8) is 0 Å². The van der Waals surface area contributed by atoms with E-state index in [1.165, 1.54) is 6.92 Å². The quantitative estimate of drug-likeness (QED) is 0.465. The Kier molecular flexibility index (Phi) is 4.19. The minimum absolute atomic E-state index is 0.126. The molecule has 4 nitrogen and oxygen atoms in total. The zero-order valence-corrected chi connectivity index (χ0v) is 5.50. The fourth-order valence-electron chi connectivity index (χ4n) is 0.222. The van der Waals surface area contributed by atoms with Crippen LogP contribution in [0.2, 0.25) is 0 Å². The van der Waals surface area contributed by atoms with E-state index in [2.05, 4.69) is 9.99 Å². The van der Waals surface area contributed by atoms with Crippen LogP contribution in [0, 0.1) is 0 Å². The van der Waals surface area contributed by atoms with Crippen LogP contribution in [-0.4, -0.2) is 30.1 Å². The Balaban J connectivity index is 3.43. The Morgan fingerprint density at radius 2 is 2.40 bits per heavy atom. The summed E-state index contributed by atoms with van der Waals surface area (Å²) in [6.45, 7) is 0.152. The maximum Gasteiger partial charge on any atom is 0.344 e. The molecule has 0 aromatic rings. The van der Waals surface area contributed by atoms with Crippen molar-refractivity contribution in [1.29, 1.82) is 0 Å². The monoisotopic (exact) mass is 149 g/mol. The van der Waals surface area contributed by atoms with Crippen LogP contribution in [-0.2, 0) is 9.63 Å². The summed E-state index contributed by atoms with van der Waals surface area (Å²) >= 11 is 0. The van der Waals surface area contributed by atoms with Gasteiger partial charge in [-0.3, -0.25) is 0 Å². The highest BCUT2D eigenvalue weighted by atomic mass is 19.1. The fourth-order valence-corrected chi connectivity index (χ4v) is 0.222. The topological polar surface area (TPSA) is 58.9 Å². The minimum Gasteiger partial charge on any atom is -0.479 e. The van der Waals surface area contributed by atoms with E-state index in [9.17, 15) is 9.18 Å². The van der Waals surface area contributed by atoms with Crippen molar-refractivity contribution in [1.82, 2.24) is 0 Å². The van der Waals surface area contributed by atoms with Crippen LogP contribution in [0.4, 0.5) is 4.39 Å². The standard InChI is InChI=1S/C5H8FNO3/c1-4(2-6)7-10-3-5(8)9/h2-3H2,1H3,(H,8,9)/b7-4+. The number of carboxylic acids is 1. The van der Waals surface area contributed by atoms with Crippen molar-refractivity contribution in [3.05, 3.63) is 0 Å². The first kappa shape index (κ1) is 8.87. The van der Waals surface area contributed by atoms with Gasteiger partial charge in [0, 0.05) is 0 Å². The second kappa shape index (κ2) is 4.72. The van der Waals surface area contributed by atoms with Crippen molar-refractivity contribution < 1.29 is 19.1 Å². The Labute approximate surface area is 57.3 Å². The molecule has 0 amide bonds. The van der Waals surface area contributed by atoms with Crippen LogP contribution in [0.15, 0.2) is 5.16 Å². The number of carbonyl (C=O) groups is 1. The van der Waals surface area contributed by atoms with Crippen molar-refractivity contribution in [3.8, 4) is 0 Å². The number of alkyl halides is 1. The van der Waals surface area contributed by atoms with Crippen molar-refractivity contribution in [2.45, 2.75) is 6.92 Å². The lowest BCUT2D eigenvalue weighted by atomic mass is 10.5. The molecule has 0 aliphatic heterocycles. The molecule has 10 heavy (non-hydrogen) atoms. The molecule has 0 aliphatic carbocycles. The molecular weight excluding hydrogens is 141 g/mol. The first-order valence-corrected chi connectivity index (χ1v) is 2.60. The predicted octanol–water partition coefficient (Wildman–Crippen LogP) is 0.433. The maximum absolute atomic E-state index is 11.6. The zero-order valence-electron chi connectivity index (χ0n) is 5.50. The summed E-state index contributed by atoms with van der Waals surface area (Å²) in [5.41, 5.74) is 0.126. The summed E-state index contributed by atoms with van der Waals surface area (Å²) in [6.07, 6.45) is 0. The van der Waals surface area contributed by atoms with Gasteiger partial charge in [0.1, 0.15) is 6.67 Å². The summed E-state index contributed by atoms with van der Waals surface area (Å²) in [5, 5.41) is 11.2. The summed E-state index contributed by atoms with van der Waals surface area (Å²) in [4.78, 5) is 14.0. The molecular formula is C5H8FNO3. The third-order valence-electron chi connectivity index (χ3n) is 0.602. The summed E-state index contributed by atoms with van der Waals surface area (Å²) in [7, 11) is 0. The zero-order chi connectivity index (χ0) is 7.98. The number of aliphatic carboxylic acids is 1. The minimum atomic E-state index is -1.13. The van der Waals surface area contributed by atoms with Crippen molar-refractivity contribution in [2.24, 2.45) is 5.16 Å². The smallest absolute Gasteiger partial charge is 0.344 e. The molecule has 1 N–H and O–H groups in total. The van der Waals surface area contributed by atoms with E-state index in [0.717, 1.165) is 0 Å². The summed E-state index contributed by atoms with van der Waals surface area (Å²) in [6, 6.07) is 0. The Hall–Kier alpha value is -1.13. The van der Waals surface area contributed by atoms with Crippen LogP contribution in [0.1, 0.15) is 6.92 Å². The molecule has 5 heteroatoms. The van der Waals surface area contributed by atoms with Gasteiger partial charge in [-0.2, -0.15) is 0 Å². The second-order valence-corrected chi connectivity index (χ2v) is 1.63. The van der Waals surface area contributed by atoms with Gasteiger partial charge in [-0.05, 0) is 6.92 Å². The Morgan fingerprint density at radius 1 is 1.80 bits per heavy atom. The third kappa shape index (κ3) is 5.02. The van der Waals surface area contributed by atoms with E-state index in [4.69, 9.17) is 5.11 Å². The highest BCUT2D eigenvalue weighted by Crippen LogP contribution is 1.81. The van der Waals surface area contributed by atoms with E-state index in [-0.39, 0.29) is 5.71 Å². The maximum atomic E-state index is 11.6. The summed E-state index contributed by atoms with van der Waals surface area (Å²) < 4.78 is 11.6. The lowest BCUT2D eigenvalue weighted by molar-refractivity contribution is -0.142. The molecule has 0 rings (SSSR count). The van der Waals surface area contributed by atoms with Crippen LogP contribution < -0.4 is 0 Å². The van der Waals surface area contributed by atoms with E-state index >= 15 is 0 Å². The lowest BCUT2D eigenvalue weighted by Crippen LogP contribution is -2.05. The van der Waals surface area contributed by atoms with E-state index in [0.29, 0.717) is 0 Å².